The van der Waals surface area contributed by atoms with Crippen LogP contribution in [0.4, 0.5) is 0 Å². The van der Waals surface area contributed by atoms with Gasteiger partial charge in [0.05, 0.1) is 19.3 Å². The van der Waals surface area contributed by atoms with E-state index in [-0.39, 0.29) is 11.4 Å². The van der Waals surface area contributed by atoms with E-state index in [2.05, 4.69) is 32.9 Å². The van der Waals surface area contributed by atoms with Crippen LogP contribution in [0, 0.1) is 5.41 Å². The fourth-order valence-electron chi connectivity index (χ4n) is 2.56. The highest BCUT2D eigenvalue weighted by molar-refractivity contribution is 9.09. The minimum atomic E-state index is -0.440. The Hall–Kier alpha value is -2.13. The number of hydrogen-bond acceptors (Lipinski definition) is 6. The van der Waals surface area contributed by atoms with Gasteiger partial charge in [0.2, 0.25) is 5.17 Å². The van der Waals surface area contributed by atoms with E-state index in [9.17, 15) is 4.79 Å². The van der Waals surface area contributed by atoms with Crippen LogP contribution in [0.15, 0.2) is 33.9 Å². The van der Waals surface area contributed by atoms with E-state index in [0.717, 1.165) is 23.4 Å². The number of alkyl halides is 1. The molecule has 0 aromatic heterocycles. The SMILES string of the molecule is CCCC1=NN2C(=N)/C(=C/c3ccc(OCCBr)c(OC)c3)C(=O)N=C2S1. The first kappa shape index (κ1) is 19.6. The van der Waals surface area contributed by atoms with E-state index < -0.39 is 5.91 Å². The lowest BCUT2D eigenvalue weighted by atomic mass is 10.1. The van der Waals surface area contributed by atoms with Gasteiger partial charge in [-0.05, 0) is 48.4 Å². The number of hydrazone groups is 1. The lowest BCUT2D eigenvalue weighted by Crippen LogP contribution is -2.35. The van der Waals surface area contributed by atoms with E-state index >= 15 is 0 Å². The van der Waals surface area contributed by atoms with E-state index in [0.29, 0.717) is 28.6 Å². The molecule has 3 rings (SSSR count). The number of hydrogen-bond donors (Lipinski definition) is 1. The number of amidine groups is 2. The summed E-state index contributed by atoms with van der Waals surface area (Å²) in [6, 6.07) is 5.35. The summed E-state index contributed by atoms with van der Waals surface area (Å²) in [6.07, 6.45) is 3.37. The van der Waals surface area contributed by atoms with Gasteiger partial charge in [-0.1, -0.05) is 28.9 Å². The Morgan fingerprint density at radius 1 is 1.37 bits per heavy atom. The maximum Gasteiger partial charge on any atom is 0.283 e. The second-order valence-electron chi connectivity index (χ2n) is 5.71. The summed E-state index contributed by atoms with van der Waals surface area (Å²) < 4.78 is 11.0. The summed E-state index contributed by atoms with van der Waals surface area (Å²) in [6.45, 7) is 2.57. The summed E-state index contributed by atoms with van der Waals surface area (Å²) in [5.74, 6) is 0.769. The third kappa shape index (κ3) is 4.24. The van der Waals surface area contributed by atoms with Crippen molar-refractivity contribution in [1.82, 2.24) is 5.01 Å². The topological polar surface area (TPSA) is 87.3 Å². The van der Waals surface area contributed by atoms with Gasteiger partial charge >= 0.3 is 0 Å². The highest BCUT2D eigenvalue weighted by Crippen LogP contribution is 2.32. The van der Waals surface area contributed by atoms with Crippen molar-refractivity contribution < 1.29 is 14.3 Å². The quantitative estimate of drug-likeness (QED) is 0.502. The molecule has 0 spiro atoms. The summed E-state index contributed by atoms with van der Waals surface area (Å²) >= 11 is 4.66. The Labute approximate surface area is 170 Å². The molecule has 1 aromatic carbocycles. The molecule has 2 aliphatic heterocycles. The second-order valence-corrected chi connectivity index (χ2v) is 7.55. The summed E-state index contributed by atoms with van der Waals surface area (Å²) in [4.78, 5) is 16.5. The number of benzene rings is 1. The second kappa shape index (κ2) is 8.71. The van der Waals surface area contributed by atoms with Crippen molar-refractivity contribution in [3.8, 4) is 11.5 Å². The number of carbonyl (C=O) groups excluding carboxylic acids is 1. The van der Waals surface area contributed by atoms with Crippen molar-refractivity contribution in [3.63, 3.8) is 0 Å². The van der Waals surface area contributed by atoms with Crippen LogP contribution in [0.25, 0.3) is 6.08 Å². The predicted molar refractivity (Wildman–Crippen MR) is 112 cm³/mol. The van der Waals surface area contributed by atoms with Crippen LogP contribution in [-0.4, -0.2) is 46.0 Å². The Morgan fingerprint density at radius 3 is 2.89 bits per heavy atom. The molecule has 27 heavy (non-hydrogen) atoms. The average molecular weight is 451 g/mol. The number of nitrogens with one attached hydrogen (secondary N) is 1. The van der Waals surface area contributed by atoms with Crippen LogP contribution in [0.2, 0.25) is 0 Å². The zero-order valence-corrected chi connectivity index (χ0v) is 17.4. The first-order valence-electron chi connectivity index (χ1n) is 8.43. The van der Waals surface area contributed by atoms with Gasteiger partial charge in [-0.2, -0.15) is 15.1 Å². The number of methoxy groups -OCH3 is 1. The molecule has 0 fully saturated rings. The Morgan fingerprint density at radius 2 is 2.19 bits per heavy atom. The number of thioether (sulfide) groups is 1. The number of aliphatic imine (C=N–C) groups is 1. The first-order valence-corrected chi connectivity index (χ1v) is 10.4. The molecule has 1 aromatic rings. The van der Waals surface area contributed by atoms with Crippen molar-refractivity contribution in [2.75, 3.05) is 19.0 Å². The van der Waals surface area contributed by atoms with Crippen molar-refractivity contribution in [1.29, 1.82) is 5.41 Å². The molecule has 0 atom stereocenters. The van der Waals surface area contributed by atoms with Crippen LogP contribution in [0.1, 0.15) is 25.3 Å². The van der Waals surface area contributed by atoms with E-state index in [1.165, 1.54) is 16.8 Å². The smallest absolute Gasteiger partial charge is 0.283 e. The number of halogens is 1. The van der Waals surface area contributed by atoms with Gasteiger partial charge in [0.25, 0.3) is 5.91 Å². The molecule has 2 heterocycles. The minimum Gasteiger partial charge on any atom is -0.493 e. The van der Waals surface area contributed by atoms with Crippen LogP contribution >= 0.6 is 27.7 Å². The molecule has 0 aliphatic carbocycles. The van der Waals surface area contributed by atoms with Crippen molar-refractivity contribution in [2.24, 2.45) is 10.1 Å². The number of fused-ring (bicyclic) bond motifs is 1. The Kier molecular flexibility index (Phi) is 6.33. The van der Waals surface area contributed by atoms with Gasteiger partial charge < -0.3 is 9.47 Å². The van der Waals surface area contributed by atoms with Crippen molar-refractivity contribution >= 4 is 55.7 Å². The third-order valence-corrected chi connectivity index (χ3v) is 5.09. The van der Waals surface area contributed by atoms with E-state index in [1.807, 2.05) is 6.07 Å². The molecule has 1 N–H and O–H groups in total. The van der Waals surface area contributed by atoms with Gasteiger partial charge in [-0.15, -0.1) is 0 Å². The zero-order chi connectivity index (χ0) is 19.4. The standard InChI is InChI=1S/C18H19BrN4O3S/c1-3-4-15-22-23-16(20)12(17(24)21-18(23)27-15)9-11-5-6-13(26-8-7-19)14(10-11)25-2/h5-6,9-10,20H,3-4,7-8H2,1-2H3/b12-9-,20-16?. The molecule has 0 unspecified atom stereocenters. The molecule has 142 valence electrons. The normalized spacial score (nSPS) is 17.7. The zero-order valence-electron chi connectivity index (χ0n) is 15.0. The van der Waals surface area contributed by atoms with Gasteiger partial charge in [-0.3, -0.25) is 10.2 Å². The summed E-state index contributed by atoms with van der Waals surface area (Å²) in [5.41, 5.74) is 0.909. The molecular formula is C18H19BrN4O3S. The van der Waals surface area contributed by atoms with Crippen LogP contribution in [0.3, 0.4) is 0 Å². The number of amides is 1. The van der Waals surface area contributed by atoms with Crippen LogP contribution in [-0.2, 0) is 4.79 Å². The highest BCUT2D eigenvalue weighted by Gasteiger charge is 2.35. The largest absolute Gasteiger partial charge is 0.493 e. The number of carbonyl (C=O) groups is 1. The fourth-order valence-corrected chi connectivity index (χ4v) is 3.70. The van der Waals surface area contributed by atoms with Crippen molar-refractivity contribution in [3.05, 3.63) is 29.3 Å². The van der Waals surface area contributed by atoms with Gasteiger partial charge in [0.1, 0.15) is 5.04 Å². The third-order valence-electron chi connectivity index (χ3n) is 3.79. The molecule has 0 saturated carbocycles. The summed E-state index contributed by atoms with van der Waals surface area (Å²) in [5, 5.41) is 16.2. The van der Waals surface area contributed by atoms with Gasteiger partial charge in [0, 0.05) is 5.33 Å². The molecule has 7 nitrogen and oxygen atoms in total. The van der Waals surface area contributed by atoms with Gasteiger partial charge in [-0.25, -0.2) is 0 Å². The van der Waals surface area contributed by atoms with Gasteiger partial charge in [0.15, 0.2) is 17.3 Å². The lowest BCUT2D eigenvalue weighted by molar-refractivity contribution is -0.114. The highest BCUT2D eigenvalue weighted by atomic mass is 79.9. The predicted octanol–water partition coefficient (Wildman–Crippen LogP) is 3.89. The molecule has 0 bridgehead atoms. The first-order chi connectivity index (χ1) is 13.1. The van der Waals surface area contributed by atoms with Crippen LogP contribution in [0.5, 0.6) is 11.5 Å². The minimum absolute atomic E-state index is 0.0298. The number of rotatable bonds is 7. The summed E-state index contributed by atoms with van der Waals surface area (Å²) in [7, 11) is 1.56. The Balaban J connectivity index is 1.89. The molecular weight excluding hydrogens is 432 g/mol. The number of ether oxygens (including phenoxy) is 2. The maximum absolute atomic E-state index is 12.4. The van der Waals surface area contributed by atoms with Crippen molar-refractivity contribution in [2.45, 2.75) is 19.8 Å². The van der Waals surface area contributed by atoms with Crippen LogP contribution < -0.4 is 9.47 Å². The molecule has 9 heteroatoms. The molecule has 0 radical (unpaired) electrons. The fraction of sp³-hybridized carbons (Fsp3) is 0.333. The molecule has 2 aliphatic rings. The lowest BCUT2D eigenvalue weighted by Gasteiger charge is -2.20. The van der Waals surface area contributed by atoms with E-state index in [4.69, 9.17) is 14.9 Å². The monoisotopic (exact) mass is 450 g/mol. The molecule has 1 amide bonds. The maximum atomic E-state index is 12.4. The average Bonchev–Trinajstić information content (AvgIpc) is 3.06. The molecule has 0 saturated heterocycles. The Bertz CT molecular complexity index is 866. The van der Waals surface area contributed by atoms with E-state index in [1.54, 1.807) is 25.3 Å². The number of nitrogens with zero attached hydrogens (tertiary/aromatic N) is 3.